The molecule has 0 bridgehead atoms. The highest BCUT2D eigenvalue weighted by molar-refractivity contribution is 8.27. The molecule has 0 spiro atoms. The van der Waals surface area contributed by atoms with Crippen molar-refractivity contribution in [1.29, 1.82) is 0 Å². The monoisotopic (exact) mass is 473 g/mol. The maximum Gasteiger partial charge on any atom is 0.270 e. The molecule has 1 heterocycles. The highest BCUT2D eigenvalue weighted by Crippen LogP contribution is 2.36. The molecule has 3 aromatic carbocycles. The lowest BCUT2D eigenvalue weighted by Crippen LogP contribution is -2.27. The molecule has 0 aliphatic carbocycles. The molecule has 1 aliphatic heterocycles. The van der Waals surface area contributed by atoms with E-state index in [-0.39, 0.29) is 18.1 Å². The molecule has 1 saturated heterocycles. The van der Waals surface area contributed by atoms with Gasteiger partial charge < -0.3 is 4.74 Å². The van der Waals surface area contributed by atoms with Gasteiger partial charge in [0.05, 0.1) is 15.6 Å². The van der Waals surface area contributed by atoms with Gasteiger partial charge in [-0.3, -0.25) is 9.69 Å². The Kier molecular flexibility index (Phi) is 6.36. The van der Waals surface area contributed by atoms with Gasteiger partial charge in [0.1, 0.15) is 24.0 Å². The topological polar surface area (TPSA) is 29.5 Å². The molecule has 0 unspecified atom stereocenters. The molecule has 1 amide bonds. The Labute approximate surface area is 192 Å². The van der Waals surface area contributed by atoms with E-state index < -0.39 is 11.6 Å². The van der Waals surface area contributed by atoms with Gasteiger partial charge in [0.2, 0.25) is 0 Å². The van der Waals surface area contributed by atoms with Crippen molar-refractivity contribution in [3.05, 3.63) is 99.4 Å². The molecule has 4 rings (SSSR count). The molecule has 3 aromatic rings. The number of carbonyl (C=O) groups excluding carboxylic acids is 1. The molecule has 3 nitrogen and oxygen atoms in total. The van der Waals surface area contributed by atoms with Crippen LogP contribution >= 0.6 is 35.6 Å². The number of hydrogen-bond acceptors (Lipinski definition) is 4. The predicted octanol–water partition coefficient (Wildman–Crippen LogP) is 6.60. The van der Waals surface area contributed by atoms with Gasteiger partial charge in [-0.15, -0.1) is 0 Å². The van der Waals surface area contributed by atoms with Crippen LogP contribution in [0.2, 0.25) is 5.02 Å². The molecule has 0 aromatic heterocycles. The quantitative estimate of drug-likeness (QED) is 0.308. The van der Waals surface area contributed by atoms with Crippen LogP contribution in [0, 0.1) is 11.6 Å². The van der Waals surface area contributed by atoms with Crippen LogP contribution in [0.5, 0.6) is 5.75 Å². The van der Waals surface area contributed by atoms with E-state index >= 15 is 0 Å². The Morgan fingerprint density at radius 3 is 2.52 bits per heavy atom. The normalized spacial score (nSPS) is 15.1. The van der Waals surface area contributed by atoms with Crippen LogP contribution in [0.3, 0.4) is 0 Å². The third kappa shape index (κ3) is 4.79. The fourth-order valence-electron chi connectivity index (χ4n) is 2.94. The Morgan fingerprint density at radius 1 is 1.06 bits per heavy atom. The van der Waals surface area contributed by atoms with Crippen molar-refractivity contribution in [1.82, 2.24) is 0 Å². The molecule has 0 radical (unpaired) electrons. The molecular formula is C23H14ClF2NO2S2. The van der Waals surface area contributed by atoms with Crippen LogP contribution in [0.25, 0.3) is 6.08 Å². The summed E-state index contributed by atoms with van der Waals surface area (Å²) in [7, 11) is 0. The number of amides is 1. The van der Waals surface area contributed by atoms with E-state index in [2.05, 4.69) is 0 Å². The minimum atomic E-state index is -0.442. The van der Waals surface area contributed by atoms with Crippen molar-refractivity contribution in [3.8, 4) is 5.75 Å². The first-order valence-corrected chi connectivity index (χ1v) is 10.7. The molecule has 0 atom stereocenters. The second kappa shape index (κ2) is 9.18. The highest BCUT2D eigenvalue weighted by Gasteiger charge is 2.33. The van der Waals surface area contributed by atoms with E-state index in [0.29, 0.717) is 25.7 Å². The lowest BCUT2D eigenvalue weighted by atomic mass is 10.2. The zero-order chi connectivity index (χ0) is 22.0. The summed E-state index contributed by atoms with van der Waals surface area (Å²) in [5.74, 6) is -0.647. The Hall–Kier alpha value is -2.74. The third-order valence-electron chi connectivity index (χ3n) is 4.48. The van der Waals surface area contributed by atoms with Crippen molar-refractivity contribution >= 4 is 57.6 Å². The number of thioether (sulfide) groups is 1. The van der Waals surface area contributed by atoms with Crippen molar-refractivity contribution < 1.29 is 18.3 Å². The predicted molar refractivity (Wildman–Crippen MR) is 124 cm³/mol. The number of ether oxygens (including phenoxy) is 1. The van der Waals surface area contributed by atoms with Crippen molar-refractivity contribution in [2.45, 2.75) is 6.61 Å². The van der Waals surface area contributed by atoms with E-state index in [9.17, 15) is 13.6 Å². The molecule has 1 fully saturated rings. The largest absolute Gasteiger partial charge is 0.489 e. The number of hydrogen-bond donors (Lipinski definition) is 0. The summed E-state index contributed by atoms with van der Waals surface area (Å²) < 4.78 is 33.3. The number of nitrogens with zero attached hydrogens (tertiary/aromatic N) is 1. The van der Waals surface area contributed by atoms with Gasteiger partial charge in [-0.25, -0.2) is 8.78 Å². The summed E-state index contributed by atoms with van der Waals surface area (Å²) >= 11 is 12.5. The average Bonchev–Trinajstić information content (AvgIpc) is 3.02. The first-order valence-electron chi connectivity index (χ1n) is 9.11. The lowest BCUT2D eigenvalue weighted by molar-refractivity contribution is -0.113. The minimum absolute atomic E-state index is 0.00283. The first kappa shape index (κ1) is 21.5. The molecule has 31 heavy (non-hydrogen) atoms. The van der Waals surface area contributed by atoms with Crippen LogP contribution in [0.15, 0.2) is 71.6 Å². The molecular weight excluding hydrogens is 460 g/mol. The summed E-state index contributed by atoms with van der Waals surface area (Å²) in [5.41, 5.74) is 1.44. The number of anilines is 1. The van der Waals surface area contributed by atoms with Gasteiger partial charge in [-0.05, 0) is 54.1 Å². The average molecular weight is 474 g/mol. The molecule has 0 saturated carbocycles. The number of benzene rings is 3. The number of carbonyl (C=O) groups is 1. The van der Waals surface area contributed by atoms with E-state index in [1.54, 1.807) is 42.5 Å². The van der Waals surface area contributed by atoms with Gasteiger partial charge in [0, 0.05) is 5.56 Å². The fraction of sp³-hybridized carbons (Fsp3) is 0.0435. The smallest absolute Gasteiger partial charge is 0.270 e. The maximum atomic E-state index is 13.8. The van der Waals surface area contributed by atoms with E-state index in [0.717, 1.165) is 17.3 Å². The number of halogens is 3. The van der Waals surface area contributed by atoms with Gasteiger partial charge in [0.25, 0.3) is 5.91 Å². The third-order valence-corrected chi connectivity index (χ3v) is 6.14. The van der Waals surface area contributed by atoms with E-state index in [1.807, 2.05) is 0 Å². The number of rotatable bonds is 5. The second-order valence-electron chi connectivity index (χ2n) is 6.55. The molecule has 8 heteroatoms. The minimum Gasteiger partial charge on any atom is -0.489 e. The summed E-state index contributed by atoms with van der Waals surface area (Å²) in [5, 5.41) is 0.303. The summed E-state index contributed by atoms with van der Waals surface area (Å²) in [6.45, 7) is -0.00283. The van der Waals surface area contributed by atoms with E-state index in [1.165, 1.54) is 35.2 Å². The van der Waals surface area contributed by atoms with Gasteiger partial charge in [-0.2, -0.15) is 0 Å². The SMILES string of the molecule is O=C1/C(=C\c2ccc(OCc3c(F)cccc3Cl)cc2)SC(=S)N1c1cccc(F)c1. The Morgan fingerprint density at radius 2 is 1.81 bits per heavy atom. The zero-order valence-electron chi connectivity index (χ0n) is 15.8. The highest BCUT2D eigenvalue weighted by atomic mass is 35.5. The first-order chi connectivity index (χ1) is 14.9. The van der Waals surface area contributed by atoms with Gasteiger partial charge in [-0.1, -0.05) is 59.8 Å². The number of thiocarbonyl (C=S) groups is 1. The summed E-state index contributed by atoms with van der Waals surface area (Å²) in [6, 6.07) is 17.2. The second-order valence-corrected chi connectivity index (χ2v) is 8.64. The van der Waals surface area contributed by atoms with Crippen LogP contribution < -0.4 is 9.64 Å². The zero-order valence-corrected chi connectivity index (χ0v) is 18.2. The molecule has 0 N–H and O–H groups in total. The standard InChI is InChI=1S/C23H14ClF2NO2S2/c24-19-5-2-6-20(26)18(19)13-29-17-9-7-14(8-10-17)11-21-22(28)27(23(30)31-21)16-4-1-3-15(25)12-16/h1-12H,13H2/b21-11+. The maximum absolute atomic E-state index is 13.8. The van der Waals surface area contributed by atoms with Crippen LogP contribution in [-0.2, 0) is 11.4 Å². The van der Waals surface area contributed by atoms with Crippen molar-refractivity contribution in [2.75, 3.05) is 4.90 Å². The lowest BCUT2D eigenvalue weighted by Gasteiger charge is -2.14. The Balaban J connectivity index is 1.47. The van der Waals surface area contributed by atoms with Crippen molar-refractivity contribution in [3.63, 3.8) is 0 Å². The van der Waals surface area contributed by atoms with Crippen LogP contribution in [0.1, 0.15) is 11.1 Å². The van der Waals surface area contributed by atoms with Crippen LogP contribution in [0.4, 0.5) is 14.5 Å². The Bertz CT molecular complexity index is 1180. The summed E-state index contributed by atoms with van der Waals surface area (Å²) in [6.07, 6.45) is 1.70. The molecule has 156 valence electrons. The van der Waals surface area contributed by atoms with Gasteiger partial charge in [0.15, 0.2) is 4.32 Å². The fourth-order valence-corrected chi connectivity index (χ4v) is 4.46. The van der Waals surface area contributed by atoms with Gasteiger partial charge >= 0.3 is 0 Å². The summed E-state index contributed by atoms with van der Waals surface area (Å²) in [4.78, 5) is 14.5. The van der Waals surface area contributed by atoms with E-state index in [4.69, 9.17) is 28.6 Å². The molecule has 1 aliphatic rings. The van der Waals surface area contributed by atoms with Crippen molar-refractivity contribution in [2.24, 2.45) is 0 Å². The van der Waals surface area contributed by atoms with Crippen LogP contribution in [-0.4, -0.2) is 10.2 Å².